The summed E-state index contributed by atoms with van der Waals surface area (Å²) < 4.78 is 5.49. The van der Waals surface area contributed by atoms with Gasteiger partial charge in [-0.05, 0) is 51.0 Å². The standard InChI is InChI=1S/C15H25N3O/c1-12-9-16-15(17-12)11-18-6-2-3-14(10-18)13-4-7-19-8-5-13/h9,13-14H,2-8,10-11H2,1H3,(H,16,17). The Kier molecular flexibility index (Phi) is 4.18. The van der Waals surface area contributed by atoms with E-state index < -0.39 is 0 Å². The first kappa shape index (κ1) is 13.1. The number of aromatic amines is 1. The van der Waals surface area contributed by atoms with Gasteiger partial charge in [-0.3, -0.25) is 4.90 Å². The summed E-state index contributed by atoms with van der Waals surface area (Å²) in [6.45, 7) is 7.45. The third-order valence-corrected chi connectivity index (χ3v) is 4.60. The van der Waals surface area contributed by atoms with Crippen molar-refractivity contribution in [1.82, 2.24) is 14.9 Å². The van der Waals surface area contributed by atoms with Crippen LogP contribution in [0.3, 0.4) is 0 Å². The van der Waals surface area contributed by atoms with Crippen molar-refractivity contribution in [2.24, 2.45) is 11.8 Å². The van der Waals surface area contributed by atoms with Crippen LogP contribution in [0.25, 0.3) is 0 Å². The number of nitrogens with zero attached hydrogens (tertiary/aromatic N) is 2. The molecule has 0 aliphatic carbocycles. The van der Waals surface area contributed by atoms with Crippen molar-refractivity contribution in [1.29, 1.82) is 0 Å². The van der Waals surface area contributed by atoms with E-state index in [0.717, 1.165) is 43.1 Å². The zero-order valence-electron chi connectivity index (χ0n) is 11.9. The van der Waals surface area contributed by atoms with Crippen molar-refractivity contribution in [3.8, 4) is 0 Å². The van der Waals surface area contributed by atoms with Crippen molar-refractivity contribution in [2.75, 3.05) is 26.3 Å². The zero-order chi connectivity index (χ0) is 13.1. The van der Waals surface area contributed by atoms with Crippen LogP contribution in [0.1, 0.15) is 37.2 Å². The van der Waals surface area contributed by atoms with Crippen molar-refractivity contribution in [3.63, 3.8) is 0 Å². The van der Waals surface area contributed by atoms with Crippen LogP contribution in [0.2, 0.25) is 0 Å². The summed E-state index contributed by atoms with van der Waals surface area (Å²) in [7, 11) is 0. The van der Waals surface area contributed by atoms with Crippen LogP contribution in [0, 0.1) is 18.8 Å². The van der Waals surface area contributed by atoms with E-state index in [2.05, 4.69) is 21.8 Å². The summed E-state index contributed by atoms with van der Waals surface area (Å²) in [6, 6.07) is 0. The highest BCUT2D eigenvalue weighted by Gasteiger charge is 2.28. The zero-order valence-corrected chi connectivity index (χ0v) is 11.9. The van der Waals surface area contributed by atoms with Gasteiger partial charge in [0.15, 0.2) is 0 Å². The lowest BCUT2D eigenvalue weighted by Crippen LogP contribution is -2.39. The minimum Gasteiger partial charge on any atom is -0.381 e. The Balaban J connectivity index is 1.55. The van der Waals surface area contributed by atoms with E-state index >= 15 is 0 Å². The lowest BCUT2D eigenvalue weighted by Gasteiger charge is -2.38. The molecule has 106 valence electrons. The number of aryl methyl sites for hydroxylation is 1. The molecule has 0 aromatic carbocycles. The summed E-state index contributed by atoms with van der Waals surface area (Å²) >= 11 is 0. The third-order valence-electron chi connectivity index (χ3n) is 4.60. The monoisotopic (exact) mass is 263 g/mol. The molecule has 2 fully saturated rings. The van der Waals surface area contributed by atoms with Gasteiger partial charge in [0.1, 0.15) is 5.82 Å². The lowest BCUT2D eigenvalue weighted by molar-refractivity contribution is 0.0250. The van der Waals surface area contributed by atoms with Crippen LogP contribution < -0.4 is 0 Å². The first-order valence-corrected chi connectivity index (χ1v) is 7.62. The molecular weight excluding hydrogens is 238 g/mol. The van der Waals surface area contributed by atoms with Gasteiger partial charge in [0.25, 0.3) is 0 Å². The molecule has 2 aliphatic heterocycles. The molecule has 0 spiro atoms. The number of hydrogen-bond donors (Lipinski definition) is 1. The first-order chi connectivity index (χ1) is 9.31. The van der Waals surface area contributed by atoms with Crippen LogP contribution in [0.5, 0.6) is 0 Å². The highest BCUT2D eigenvalue weighted by atomic mass is 16.5. The maximum atomic E-state index is 5.49. The fraction of sp³-hybridized carbons (Fsp3) is 0.800. The maximum absolute atomic E-state index is 5.49. The van der Waals surface area contributed by atoms with Crippen LogP contribution in [-0.4, -0.2) is 41.2 Å². The molecule has 1 atom stereocenters. The molecule has 3 rings (SSSR count). The Hall–Kier alpha value is -0.870. The number of aromatic nitrogens is 2. The van der Waals surface area contributed by atoms with Gasteiger partial charge in [0, 0.05) is 31.6 Å². The molecule has 19 heavy (non-hydrogen) atoms. The molecule has 4 heteroatoms. The number of piperidine rings is 1. The number of hydrogen-bond acceptors (Lipinski definition) is 3. The van der Waals surface area contributed by atoms with Gasteiger partial charge in [0.05, 0.1) is 6.54 Å². The summed E-state index contributed by atoms with van der Waals surface area (Å²) in [5.41, 5.74) is 1.16. The number of likely N-dealkylation sites (tertiary alicyclic amines) is 1. The van der Waals surface area contributed by atoms with Gasteiger partial charge in [-0.25, -0.2) is 4.98 Å². The van der Waals surface area contributed by atoms with Crippen molar-refractivity contribution >= 4 is 0 Å². The first-order valence-electron chi connectivity index (χ1n) is 7.62. The van der Waals surface area contributed by atoms with Crippen LogP contribution >= 0.6 is 0 Å². The lowest BCUT2D eigenvalue weighted by atomic mass is 9.81. The number of nitrogens with one attached hydrogen (secondary N) is 1. The summed E-state index contributed by atoms with van der Waals surface area (Å²) in [4.78, 5) is 10.3. The Morgan fingerprint density at radius 2 is 2.16 bits per heavy atom. The van der Waals surface area contributed by atoms with Gasteiger partial charge < -0.3 is 9.72 Å². The topological polar surface area (TPSA) is 41.2 Å². The van der Waals surface area contributed by atoms with Crippen LogP contribution in [0.4, 0.5) is 0 Å². The van der Waals surface area contributed by atoms with E-state index in [1.807, 2.05) is 6.20 Å². The molecule has 1 aromatic heterocycles. The average Bonchev–Trinajstić information content (AvgIpc) is 2.85. The fourth-order valence-corrected chi connectivity index (χ4v) is 3.57. The highest BCUT2D eigenvalue weighted by Crippen LogP contribution is 2.31. The second-order valence-electron chi connectivity index (χ2n) is 6.10. The van der Waals surface area contributed by atoms with Crippen LogP contribution in [-0.2, 0) is 11.3 Å². The van der Waals surface area contributed by atoms with Gasteiger partial charge in [-0.15, -0.1) is 0 Å². The second-order valence-corrected chi connectivity index (χ2v) is 6.10. The smallest absolute Gasteiger partial charge is 0.120 e. The third kappa shape index (κ3) is 3.37. The normalized spacial score (nSPS) is 26.7. The number of rotatable bonds is 3. The van der Waals surface area contributed by atoms with Gasteiger partial charge in [-0.2, -0.15) is 0 Å². The number of ether oxygens (including phenoxy) is 1. The Labute approximate surface area is 115 Å². The molecule has 2 saturated heterocycles. The van der Waals surface area contributed by atoms with Crippen molar-refractivity contribution < 1.29 is 4.74 Å². The molecule has 1 unspecified atom stereocenters. The minimum absolute atomic E-state index is 0.869. The van der Waals surface area contributed by atoms with Gasteiger partial charge in [-0.1, -0.05) is 0 Å². The average molecular weight is 263 g/mol. The molecule has 1 N–H and O–H groups in total. The second kappa shape index (κ2) is 6.06. The molecule has 0 bridgehead atoms. The minimum atomic E-state index is 0.869. The molecular formula is C15H25N3O. The largest absolute Gasteiger partial charge is 0.381 e. The van der Waals surface area contributed by atoms with E-state index in [0.29, 0.717) is 0 Å². The summed E-state index contributed by atoms with van der Waals surface area (Å²) in [6.07, 6.45) is 7.19. The molecule has 0 amide bonds. The predicted octanol–water partition coefficient (Wildman–Crippen LogP) is 2.36. The number of H-pyrrole nitrogens is 1. The van der Waals surface area contributed by atoms with E-state index in [1.165, 1.54) is 38.8 Å². The summed E-state index contributed by atoms with van der Waals surface area (Å²) in [5, 5.41) is 0. The Morgan fingerprint density at radius 1 is 1.32 bits per heavy atom. The maximum Gasteiger partial charge on any atom is 0.120 e. The van der Waals surface area contributed by atoms with Gasteiger partial charge in [0.2, 0.25) is 0 Å². The molecule has 1 aromatic rings. The predicted molar refractivity (Wildman–Crippen MR) is 74.9 cm³/mol. The van der Waals surface area contributed by atoms with E-state index in [9.17, 15) is 0 Å². The SMILES string of the molecule is Cc1cnc(CN2CCCC(C3CCOCC3)C2)[nH]1. The van der Waals surface area contributed by atoms with E-state index in [4.69, 9.17) is 4.74 Å². The van der Waals surface area contributed by atoms with Crippen molar-refractivity contribution in [3.05, 3.63) is 17.7 Å². The van der Waals surface area contributed by atoms with Crippen LogP contribution in [0.15, 0.2) is 6.20 Å². The van der Waals surface area contributed by atoms with Gasteiger partial charge >= 0.3 is 0 Å². The molecule has 3 heterocycles. The molecule has 0 saturated carbocycles. The van der Waals surface area contributed by atoms with E-state index in [-0.39, 0.29) is 0 Å². The molecule has 2 aliphatic rings. The Bertz CT molecular complexity index is 398. The highest BCUT2D eigenvalue weighted by molar-refractivity contribution is 4.98. The quantitative estimate of drug-likeness (QED) is 0.910. The van der Waals surface area contributed by atoms with Crippen molar-refractivity contribution in [2.45, 2.75) is 39.2 Å². The van der Waals surface area contributed by atoms with E-state index in [1.54, 1.807) is 0 Å². The Morgan fingerprint density at radius 3 is 2.89 bits per heavy atom. The fourth-order valence-electron chi connectivity index (χ4n) is 3.57. The molecule has 4 nitrogen and oxygen atoms in total. The number of imidazole rings is 1. The summed E-state index contributed by atoms with van der Waals surface area (Å²) in [5.74, 6) is 2.87. The molecule has 0 radical (unpaired) electrons.